The van der Waals surface area contributed by atoms with Crippen molar-refractivity contribution in [3.05, 3.63) is 59.3 Å². The summed E-state index contributed by atoms with van der Waals surface area (Å²) in [6.07, 6.45) is -0.415. The van der Waals surface area contributed by atoms with Crippen LogP contribution in [0.15, 0.2) is 42.9 Å². The maximum Gasteiger partial charge on any atom is 0.433 e. The number of ether oxygens (including phenoxy) is 2. The highest BCUT2D eigenvalue weighted by molar-refractivity contribution is 6.36. The van der Waals surface area contributed by atoms with Crippen LogP contribution < -0.4 is 15.8 Å². The van der Waals surface area contributed by atoms with Gasteiger partial charge in [-0.25, -0.2) is 9.78 Å². The first-order valence-corrected chi connectivity index (χ1v) is 14.1. The van der Waals surface area contributed by atoms with E-state index >= 15 is 0 Å². The molecule has 5 rings (SSSR count). The fourth-order valence-electron chi connectivity index (χ4n) is 4.77. The minimum atomic E-state index is -4.67. The van der Waals surface area contributed by atoms with Gasteiger partial charge >= 0.3 is 12.3 Å². The van der Waals surface area contributed by atoms with Crippen molar-refractivity contribution in [2.75, 3.05) is 18.4 Å². The van der Waals surface area contributed by atoms with Gasteiger partial charge in [0.2, 0.25) is 5.95 Å². The first-order valence-electron chi connectivity index (χ1n) is 13.7. The minimum absolute atomic E-state index is 0.0681. The number of amides is 1. The number of rotatable bonds is 6. The van der Waals surface area contributed by atoms with Crippen molar-refractivity contribution in [1.29, 1.82) is 0 Å². The normalized spacial score (nSPS) is 15.1. The van der Waals surface area contributed by atoms with Crippen LogP contribution in [0.4, 0.5) is 29.7 Å². The van der Waals surface area contributed by atoms with Crippen LogP contribution in [0.3, 0.4) is 0 Å². The summed E-state index contributed by atoms with van der Waals surface area (Å²) in [6, 6.07) is 5.58. The fourth-order valence-corrected chi connectivity index (χ4v) is 5.07. The highest BCUT2D eigenvalue weighted by atomic mass is 35.5. The molecule has 1 fully saturated rings. The Labute approximate surface area is 255 Å². The van der Waals surface area contributed by atoms with Gasteiger partial charge in [0.05, 0.1) is 12.2 Å². The lowest BCUT2D eigenvalue weighted by Gasteiger charge is -2.34. The number of pyridine rings is 2. The van der Waals surface area contributed by atoms with Crippen molar-refractivity contribution >= 4 is 46.4 Å². The Kier molecular flexibility index (Phi) is 8.34. The zero-order valence-electron chi connectivity index (χ0n) is 24.4. The second-order valence-corrected chi connectivity index (χ2v) is 11.5. The van der Waals surface area contributed by atoms with Gasteiger partial charge in [-0.3, -0.25) is 9.67 Å². The third-order valence-corrected chi connectivity index (χ3v) is 7.19. The number of likely N-dealkylation sites (tertiary alicyclic amines) is 1. The summed E-state index contributed by atoms with van der Waals surface area (Å²) in [6.45, 7) is 5.74. The molecule has 1 saturated heterocycles. The molecular weight excluding hydrogens is 603 g/mol. The lowest BCUT2D eigenvalue weighted by molar-refractivity contribution is -0.145. The van der Waals surface area contributed by atoms with Crippen LogP contribution >= 0.6 is 11.6 Å². The molecule has 1 amide bonds. The molecular formula is C28H31ClF3N9O3. The van der Waals surface area contributed by atoms with E-state index in [1.54, 1.807) is 52.2 Å². The molecule has 5 heterocycles. The highest BCUT2D eigenvalue weighted by Gasteiger charge is 2.39. The van der Waals surface area contributed by atoms with Crippen LogP contribution in [0.25, 0.3) is 16.9 Å². The number of hydrogen-bond acceptors (Lipinski definition) is 9. The maximum atomic E-state index is 14.1. The molecule has 16 heteroatoms. The zero-order chi connectivity index (χ0) is 31.8. The molecule has 0 radical (unpaired) electrons. The first-order chi connectivity index (χ1) is 20.7. The van der Waals surface area contributed by atoms with Crippen LogP contribution in [-0.4, -0.2) is 59.0 Å². The molecule has 44 heavy (non-hydrogen) atoms. The number of halogens is 4. The van der Waals surface area contributed by atoms with E-state index in [0.717, 1.165) is 10.7 Å². The third kappa shape index (κ3) is 6.51. The Hall–Kier alpha value is -4.53. The summed E-state index contributed by atoms with van der Waals surface area (Å²) in [7, 11) is 1.63. The number of carbonyl (C=O) groups excluding carboxylic acids is 1. The van der Waals surface area contributed by atoms with Gasteiger partial charge in [-0.15, -0.1) is 0 Å². The molecule has 4 aromatic rings. The lowest BCUT2D eigenvalue weighted by Crippen LogP contribution is -2.42. The van der Waals surface area contributed by atoms with Crippen molar-refractivity contribution in [2.45, 2.75) is 51.4 Å². The van der Waals surface area contributed by atoms with Gasteiger partial charge in [0.1, 0.15) is 27.5 Å². The van der Waals surface area contributed by atoms with Gasteiger partial charge in [0.25, 0.3) is 0 Å². The van der Waals surface area contributed by atoms with Crippen LogP contribution in [0.2, 0.25) is 5.02 Å². The Bertz CT molecular complexity index is 1690. The summed E-state index contributed by atoms with van der Waals surface area (Å²) in [5.41, 5.74) is 5.23. The predicted molar refractivity (Wildman–Crippen MR) is 157 cm³/mol. The van der Waals surface area contributed by atoms with E-state index in [1.807, 2.05) is 0 Å². The standard InChI is InChI=1S/C28H31ClF3N9O3/c1-27(2,3)44-26(42)40-11-8-16(9-12-40)41-20(28(30,31)32)13-21(38-41)36-25-37-24-23(39(25)4)22(29)19(15-35-24)43-18(14-33)17-7-5-6-10-34-17/h5-7,10,13-16H,8-9,11-12,33H2,1-4H3,(H,35,36,37,38). The maximum absolute atomic E-state index is 14.1. The van der Waals surface area contributed by atoms with Gasteiger partial charge in [-0.1, -0.05) is 17.7 Å². The summed E-state index contributed by atoms with van der Waals surface area (Å²) >= 11 is 6.66. The van der Waals surface area contributed by atoms with E-state index in [9.17, 15) is 18.0 Å². The number of nitrogens with two attached hydrogens (primary N) is 1. The molecule has 0 atom stereocenters. The Balaban J connectivity index is 1.38. The molecule has 4 aromatic heterocycles. The summed E-state index contributed by atoms with van der Waals surface area (Å²) in [5.74, 6) is 0.513. The van der Waals surface area contributed by atoms with E-state index in [2.05, 4.69) is 25.4 Å². The summed E-state index contributed by atoms with van der Waals surface area (Å²) < 4.78 is 56.1. The van der Waals surface area contributed by atoms with E-state index in [1.165, 1.54) is 21.9 Å². The lowest BCUT2D eigenvalue weighted by atomic mass is 10.1. The van der Waals surface area contributed by atoms with Crippen molar-refractivity contribution in [1.82, 2.24) is 34.2 Å². The van der Waals surface area contributed by atoms with E-state index < -0.39 is 29.6 Å². The fraction of sp³-hybridized carbons (Fsp3) is 0.393. The summed E-state index contributed by atoms with van der Waals surface area (Å²) in [5, 5.41) is 7.28. The number of aromatic nitrogens is 6. The largest absolute Gasteiger partial charge is 0.450 e. The number of nitrogens with one attached hydrogen (secondary N) is 1. The molecule has 0 aliphatic carbocycles. The number of alkyl halides is 3. The molecule has 0 bridgehead atoms. The Morgan fingerprint density at radius 1 is 1.18 bits per heavy atom. The number of carbonyl (C=O) groups is 1. The number of fused-ring (bicyclic) bond motifs is 1. The van der Waals surface area contributed by atoms with Crippen molar-refractivity contribution in [2.24, 2.45) is 12.8 Å². The average molecular weight is 634 g/mol. The van der Waals surface area contributed by atoms with Crippen LogP contribution in [0, 0.1) is 0 Å². The molecule has 0 saturated carbocycles. The minimum Gasteiger partial charge on any atom is -0.450 e. The van der Waals surface area contributed by atoms with E-state index in [4.69, 9.17) is 26.8 Å². The Morgan fingerprint density at radius 2 is 1.91 bits per heavy atom. The second-order valence-electron chi connectivity index (χ2n) is 11.1. The van der Waals surface area contributed by atoms with Gasteiger partial charge in [0, 0.05) is 38.6 Å². The number of imidazole rings is 1. The van der Waals surface area contributed by atoms with E-state index in [0.29, 0.717) is 11.2 Å². The molecule has 12 nitrogen and oxygen atoms in total. The monoisotopic (exact) mass is 633 g/mol. The smallest absolute Gasteiger partial charge is 0.433 e. The quantitative estimate of drug-likeness (QED) is 0.249. The second kappa shape index (κ2) is 11.9. The SMILES string of the molecule is Cn1c(Nc2cc(C(F)(F)F)n(C3CCN(C(=O)OC(C)(C)C)CC3)n2)nc2ncc(OC(=CN)c3ccccn3)c(Cl)c21. The zero-order valence-corrected chi connectivity index (χ0v) is 25.1. The summed E-state index contributed by atoms with van der Waals surface area (Å²) in [4.78, 5) is 26.8. The van der Waals surface area contributed by atoms with Gasteiger partial charge in [-0.05, 0) is 45.7 Å². The molecule has 3 N–H and O–H groups in total. The van der Waals surface area contributed by atoms with Gasteiger partial charge in [0.15, 0.2) is 23.0 Å². The topological polar surface area (TPSA) is 138 Å². The number of nitrogens with zero attached hydrogens (tertiary/aromatic N) is 7. The van der Waals surface area contributed by atoms with Gasteiger partial charge < -0.3 is 30.0 Å². The molecule has 234 valence electrons. The molecule has 1 aliphatic rings. The Morgan fingerprint density at radius 3 is 2.52 bits per heavy atom. The molecule has 0 spiro atoms. The van der Waals surface area contributed by atoms with Crippen LogP contribution in [0.1, 0.15) is 51.0 Å². The van der Waals surface area contributed by atoms with Crippen LogP contribution in [0.5, 0.6) is 5.75 Å². The van der Waals surface area contributed by atoms with E-state index in [-0.39, 0.29) is 59.9 Å². The molecule has 0 aromatic carbocycles. The number of hydrogen-bond donors (Lipinski definition) is 2. The predicted octanol–water partition coefficient (Wildman–Crippen LogP) is 5.88. The average Bonchev–Trinajstić information content (AvgIpc) is 3.54. The number of piperidine rings is 1. The van der Waals surface area contributed by atoms with Crippen molar-refractivity contribution in [3.63, 3.8) is 0 Å². The van der Waals surface area contributed by atoms with Gasteiger partial charge in [-0.2, -0.15) is 23.3 Å². The highest BCUT2D eigenvalue weighted by Crippen LogP contribution is 2.38. The number of anilines is 2. The third-order valence-electron chi connectivity index (χ3n) is 6.82. The van der Waals surface area contributed by atoms with Crippen LogP contribution in [-0.2, 0) is 18.0 Å². The molecule has 0 unspecified atom stereocenters. The van der Waals surface area contributed by atoms with Crippen molar-refractivity contribution < 1.29 is 27.4 Å². The first kappa shape index (κ1) is 30.9. The van der Waals surface area contributed by atoms with Crippen molar-refractivity contribution in [3.8, 4) is 5.75 Å². The number of aryl methyl sites for hydroxylation is 1. The molecule has 1 aliphatic heterocycles.